The average Bonchev–Trinajstić information content (AvgIpc) is 2.50. The molecule has 1 heterocycles. The molecule has 0 bridgehead atoms. The SMILES string of the molecule is ICc1ccc2nnsc2c1. The van der Waals surface area contributed by atoms with Crippen molar-refractivity contribution in [2.45, 2.75) is 4.43 Å². The zero-order chi connectivity index (χ0) is 7.68. The van der Waals surface area contributed by atoms with Gasteiger partial charge in [-0.25, -0.2) is 0 Å². The molecular weight excluding hydrogens is 271 g/mol. The Hall–Kier alpha value is -0.230. The number of hydrogen-bond acceptors (Lipinski definition) is 3. The molecule has 0 fully saturated rings. The van der Waals surface area contributed by atoms with Crippen LogP contribution in [0.5, 0.6) is 0 Å². The van der Waals surface area contributed by atoms with Gasteiger partial charge < -0.3 is 0 Å². The van der Waals surface area contributed by atoms with Crippen LogP contribution in [0.3, 0.4) is 0 Å². The Balaban J connectivity index is 2.67. The molecule has 0 radical (unpaired) electrons. The summed E-state index contributed by atoms with van der Waals surface area (Å²) in [5.41, 5.74) is 2.34. The molecular formula is C7H5IN2S. The van der Waals surface area contributed by atoms with Crippen molar-refractivity contribution >= 4 is 44.3 Å². The van der Waals surface area contributed by atoms with Gasteiger partial charge in [0.05, 0.1) is 4.70 Å². The van der Waals surface area contributed by atoms with Crippen LogP contribution in [0.15, 0.2) is 18.2 Å². The van der Waals surface area contributed by atoms with Crippen LogP contribution in [0.2, 0.25) is 0 Å². The van der Waals surface area contributed by atoms with Crippen LogP contribution >= 0.6 is 34.1 Å². The third kappa shape index (κ3) is 1.37. The van der Waals surface area contributed by atoms with E-state index in [-0.39, 0.29) is 0 Å². The fourth-order valence-corrected chi connectivity index (χ4v) is 2.00. The quantitative estimate of drug-likeness (QED) is 0.591. The van der Waals surface area contributed by atoms with Gasteiger partial charge in [0.2, 0.25) is 0 Å². The first-order valence-electron chi connectivity index (χ1n) is 3.17. The first kappa shape index (κ1) is 7.42. The summed E-state index contributed by atoms with van der Waals surface area (Å²) in [4.78, 5) is 0. The zero-order valence-electron chi connectivity index (χ0n) is 5.62. The molecule has 0 N–H and O–H groups in total. The summed E-state index contributed by atoms with van der Waals surface area (Å²) < 4.78 is 6.09. The van der Waals surface area contributed by atoms with Crippen molar-refractivity contribution in [3.8, 4) is 0 Å². The molecule has 2 rings (SSSR count). The molecule has 1 aromatic carbocycles. The van der Waals surface area contributed by atoms with Gasteiger partial charge in [-0.1, -0.05) is 33.1 Å². The minimum absolute atomic E-state index is 1.00. The molecule has 0 amide bonds. The second-order valence-electron chi connectivity index (χ2n) is 2.21. The van der Waals surface area contributed by atoms with E-state index in [0.29, 0.717) is 0 Å². The van der Waals surface area contributed by atoms with Crippen molar-refractivity contribution in [1.82, 2.24) is 9.59 Å². The van der Waals surface area contributed by atoms with Gasteiger partial charge >= 0.3 is 0 Å². The number of hydrogen-bond donors (Lipinski definition) is 0. The van der Waals surface area contributed by atoms with Gasteiger partial charge in [0.1, 0.15) is 5.52 Å². The molecule has 0 aliphatic rings. The van der Waals surface area contributed by atoms with Gasteiger partial charge in [-0.15, -0.1) is 5.10 Å². The number of halogens is 1. The van der Waals surface area contributed by atoms with Crippen LogP contribution in [0, 0.1) is 0 Å². The Morgan fingerprint density at radius 2 is 2.36 bits per heavy atom. The van der Waals surface area contributed by atoms with Gasteiger partial charge in [0, 0.05) is 4.43 Å². The predicted octanol–water partition coefficient (Wildman–Crippen LogP) is 2.63. The summed E-state index contributed by atoms with van der Waals surface area (Å²) in [6, 6.07) is 6.26. The lowest BCUT2D eigenvalue weighted by Crippen LogP contribution is -1.74. The maximum absolute atomic E-state index is 3.96. The molecule has 4 heteroatoms. The summed E-state index contributed by atoms with van der Waals surface area (Å²) in [6.45, 7) is 0. The van der Waals surface area contributed by atoms with Crippen molar-refractivity contribution in [3.63, 3.8) is 0 Å². The molecule has 0 unspecified atom stereocenters. The molecule has 2 aromatic rings. The number of fused-ring (bicyclic) bond motifs is 1. The second kappa shape index (κ2) is 3.02. The Morgan fingerprint density at radius 3 is 3.18 bits per heavy atom. The largest absolute Gasteiger partial charge is 0.138 e. The summed E-state index contributed by atoms with van der Waals surface area (Å²) in [6.07, 6.45) is 0. The third-order valence-corrected chi connectivity index (χ3v) is 3.03. The highest BCUT2D eigenvalue weighted by Gasteiger charge is 1.97. The van der Waals surface area contributed by atoms with E-state index in [2.05, 4.69) is 44.3 Å². The summed E-state index contributed by atoms with van der Waals surface area (Å²) in [5.74, 6) is 0. The molecule has 0 saturated carbocycles. The summed E-state index contributed by atoms with van der Waals surface area (Å²) >= 11 is 3.80. The van der Waals surface area contributed by atoms with E-state index < -0.39 is 0 Å². The second-order valence-corrected chi connectivity index (χ2v) is 3.76. The average molecular weight is 276 g/mol. The van der Waals surface area contributed by atoms with Crippen molar-refractivity contribution in [1.29, 1.82) is 0 Å². The van der Waals surface area contributed by atoms with Gasteiger partial charge in [-0.2, -0.15) is 0 Å². The van der Waals surface area contributed by atoms with Crippen LogP contribution < -0.4 is 0 Å². The van der Waals surface area contributed by atoms with E-state index >= 15 is 0 Å². The zero-order valence-corrected chi connectivity index (χ0v) is 8.59. The van der Waals surface area contributed by atoms with Gasteiger partial charge in [-0.05, 0) is 29.2 Å². The van der Waals surface area contributed by atoms with Crippen molar-refractivity contribution in [2.75, 3.05) is 0 Å². The predicted molar refractivity (Wildman–Crippen MR) is 55.1 cm³/mol. The fourth-order valence-electron chi connectivity index (χ4n) is 0.906. The summed E-state index contributed by atoms with van der Waals surface area (Å²) in [7, 11) is 0. The molecule has 0 aliphatic carbocycles. The lowest BCUT2D eigenvalue weighted by atomic mass is 10.2. The fraction of sp³-hybridized carbons (Fsp3) is 0.143. The smallest absolute Gasteiger partial charge is 0.105 e. The number of nitrogens with zero attached hydrogens (tertiary/aromatic N) is 2. The minimum Gasteiger partial charge on any atom is -0.138 e. The van der Waals surface area contributed by atoms with Crippen LogP contribution in [0.25, 0.3) is 10.2 Å². The lowest BCUT2D eigenvalue weighted by molar-refractivity contribution is 1.20. The molecule has 0 spiro atoms. The van der Waals surface area contributed by atoms with E-state index in [1.54, 1.807) is 0 Å². The molecule has 11 heavy (non-hydrogen) atoms. The highest BCUT2D eigenvalue weighted by Crippen LogP contribution is 2.18. The minimum atomic E-state index is 1.00. The Labute approximate surface area is 81.9 Å². The lowest BCUT2D eigenvalue weighted by Gasteiger charge is -1.91. The van der Waals surface area contributed by atoms with Crippen molar-refractivity contribution in [2.24, 2.45) is 0 Å². The topological polar surface area (TPSA) is 25.8 Å². The standard InChI is InChI=1S/C7H5IN2S/c8-4-5-1-2-6-7(3-5)11-10-9-6/h1-3H,4H2. The molecule has 1 aromatic heterocycles. The van der Waals surface area contributed by atoms with E-state index in [1.807, 2.05) is 6.07 Å². The molecule has 0 aliphatic heterocycles. The van der Waals surface area contributed by atoms with E-state index in [9.17, 15) is 0 Å². The first-order chi connectivity index (χ1) is 5.40. The van der Waals surface area contributed by atoms with Crippen molar-refractivity contribution in [3.05, 3.63) is 23.8 Å². The normalized spacial score (nSPS) is 10.6. The van der Waals surface area contributed by atoms with E-state index in [0.717, 1.165) is 9.94 Å². The van der Waals surface area contributed by atoms with Crippen LogP contribution in [0.4, 0.5) is 0 Å². The number of aromatic nitrogens is 2. The van der Waals surface area contributed by atoms with Gasteiger partial charge in [0.25, 0.3) is 0 Å². The first-order valence-corrected chi connectivity index (χ1v) is 5.47. The highest BCUT2D eigenvalue weighted by atomic mass is 127. The number of benzene rings is 1. The van der Waals surface area contributed by atoms with E-state index in [4.69, 9.17) is 0 Å². The van der Waals surface area contributed by atoms with Crippen LogP contribution in [-0.2, 0) is 4.43 Å². The van der Waals surface area contributed by atoms with Crippen LogP contribution in [-0.4, -0.2) is 9.59 Å². The maximum atomic E-state index is 3.96. The molecule has 0 saturated heterocycles. The maximum Gasteiger partial charge on any atom is 0.105 e. The molecule has 0 atom stereocenters. The van der Waals surface area contributed by atoms with E-state index in [1.165, 1.54) is 21.8 Å². The highest BCUT2D eigenvalue weighted by molar-refractivity contribution is 14.1. The Kier molecular flexibility index (Phi) is 2.04. The Morgan fingerprint density at radius 1 is 1.45 bits per heavy atom. The molecule has 2 nitrogen and oxygen atoms in total. The Bertz CT molecular complexity index is 371. The molecule has 56 valence electrons. The van der Waals surface area contributed by atoms with Crippen molar-refractivity contribution < 1.29 is 0 Å². The van der Waals surface area contributed by atoms with Gasteiger partial charge in [-0.3, -0.25) is 0 Å². The number of rotatable bonds is 1. The van der Waals surface area contributed by atoms with Gasteiger partial charge in [0.15, 0.2) is 0 Å². The summed E-state index contributed by atoms with van der Waals surface area (Å²) in [5, 5.41) is 3.96. The monoisotopic (exact) mass is 276 g/mol. The number of alkyl halides is 1. The van der Waals surface area contributed by atoms with Crippen LogP contribution in [0.1, 0.15) is 5.56 Å². The third-order valence-electron chi connectivity index (χ3n) is 1.47.